The predicted octanol–water partition coefficient (Wildman–Crippen LogP) is 1.28. The molecule has 2 aromatic heterocycles. The van der Waals surface area contributed by atoms with Crippen LogP contribution in [0.2, 0.25) is 0 Å². The molecule has 0 unspecified atom stereocenters. The Morgan fingerprint density at radius 2 is 2.33 bits per heavy atom. The minimum absolute atomic E-state index is 0.0436. The summed E-state index contributed by atoms with van der Waals surface area (Å²) in [4.78, 5) is 20.8. The Labute approximate surface area is 109 Å². The van der Waals surface area contributed by atoms with Crippen LogP contribution in [0.15, 0.2) is 30.6 Å². The number of hydrogen-bond acceptors (Lipinski definition) is 5. The minimum Gasteiger partial charge on any atom is -0.348 e. The third-order valence-electron chi connectivity index (χ3n) is 2.34. The normalized spacial score (nSPS) is 12.1. The fraction of sp³-hybridized carbons (Fsp3) is 0.250. The summed E-state index contributed by atoms with van der Waals surface area (Å²) in [5, 5.41) is 3.53. The van der Waals surface area contributed by atoms with Gasteiger partial charge < -0.3 is 11.1 Å². The van der Waals surface area contributed by atoms with Crippen molar-refractivity contribution < 1.29 is 4.79 Å². The van der Waals surface area contributed by atoms with E-state index >= 15 is 0 Å². The Bertz CT molecular complexity index is 526. The van der Waals surface area contributed by atoms with Crippen LogP contribution in [-0.4, -0.2) is 28.5 Å². The van der Waals surface area contributed by atoms with Gasteiger partial charge in [0, 0.05) is 18.8 Å². The monoisotopic (exact) mass is 262 g/mol. The van der Waals surface area contributed by atoms with E-state index in [1.165, 1.54) is 11.3 Å². The molecular formula is C12H14N4OS. The van der Waals surface area contributed by atoms with Gasteiger partial charge >= 0.3 is 0 Å². The Hall–Kier alpha value is -1.79. The summed E-state index contributed by atoms with van der Waals surface area (Å²) in [6.45, 7) is 2.27. The van der Waals surface area contributed by atoms with Crippen LogP contribution in [0.1, 0.15) is 16.6 Å². The van der Waals surface area contributed by atoms with Crippen LogP contribution in [0.3, 0.4) is 0 Å². The second kappa shape index (κ2) is 5.70. The number of pyridine rings is 1. The highest BCUT2D eigenvalue weighted by Crippen LogP contribution is 2.22. The minimum atomic E-state index is -0.146. The van der Waals surface area contributed by atoms with Crippen molar-refractivity contribution >= 4 is 17.2 Å². The molecule has 2 rings (SSSR count). The first kappa shape index (κ1) is 12.7. The van der Waals surface area contributed by atoms with Crippen molar-refractivity contribution in [3.63, 3.8) is 0 Å². The lowest BCUT2D eigenvalue weighted by atomic mass is 10.3. The second-order valence-electron chi connectivity index (χ2n) is 3.85. The Kier molecular flexibility index (Phi) is 4.01. The first-order valence-electron chi connectivity index (χ1n) is 5.59. The number of thiazole rings is 1. The molecule has 5 nitrogen and oxygen atoms in total. The number of nitrogens with zero attached hydrogens (tertiary/aromatic N) is 2. The van der Waals surface area contributed by atoms with Crippen LogP contribution in [-0.2, 0) is 0 Å². The van der Waals surface area contributed by atoms with E-state index < -0.39 is 0 Å². The van der Waals surface area contributed by atoms with Crippen molar-refractivity contribution in [2.24, 2.45) is 5.73 Å². The zero-order chi connectivity index (χ0) is 13.0. The van der Waals surface area contributed by atoms with Gasteiger partial charge in [-0.3, -0.25) is 9.78 Å². The molecule has 2 aromatic rings. The van der Waals surface area contributed by atoms with Crippen LogP contribution in [0.5, 0.6) is 0 Å². The number of aromatic nitrogens is 2. The number of nitrogens with one attached hydrogen (secondary N) is 1. The molecule has 0 bridgehead atoms. The molecule has 0 aromatic carbocycles. The number of nitrogens with two attached hydrogens (primary N) is 1. The van der Waals surface area contributed by atoms with E-state index in [0.29, 0.717) is 11.4 Å². The van der Waals surface area contributed by atoms with Crippen LogP contribution in [0.25, 0.3) is 10.7 Å². The highest BCUT2D eigenvalue weighted by molar-refractivity contribution is 7.16. The van der Waals surface area contributed by atoms with Crippen LogP contribution in [0.4, 0.5) is 0 Å². The standard InChI is InChI=1S/C12H14N4OS/c1-8(6-13)16-11(17)10-7-15-12(18-10)9-4-2-3-5-14-9/h2-5,7-8H,6,13H2,1H3,(H,16,17)/t8-/m0/s1. The van der Waals surface area contributed by atoms with Gasteiger partial charge in [0.2, 0.25) is 0 Å². The first-order chi connectivity index (χ1) is 8.70. The molecule has 1 amide bonds. The lowest BCUT2D eigenvalue weighted by Gasteiger charge is -2.09. The molecule has 3 N–H and O–H groups in total. The zero-order valence-corrected chi connectivity index (χ0v) is 10.8. The Morgan fingerprint density at radius 1 is 1.50 bits per heavy atom. The average Bonchev–Trinajstić information content (AvgIpc) is 2.89. The third kappa shape index (κ3) is 2.91. The van der Waals surface area contributed by atoms with Crippen molar-refractivity contribution in [1.29, 1.82) is 0 Å². The maximum absolute atomic E-state index is 11.8. The predicted molar refractivity (Wildman–Crippen MR) is 71.3 cm³/mol. The molecule has 0 fully saturated rings. The SMILES string of the molecule is C[C@@H](CN)NC(=O)c1cnc(-c2ccccn2)s1. The van der Waals surface area contributed by atoms with E-state index in [9.17, 15) is 4.79 Å². The summed E-state index contributed by atoms with van der Waals surface area (Å²) in [6.07, 6.45) is 3.26. The molecule has 0 aliphatic heterocycles. The summed E-state index contributed by atoms with van der Waals surface area (Å²) < 4.78 is 0. The summed E-state index contributed by atoms with van der Waals surface area (Å²) in [5.41, 5.74) is 6.23. The quantitative estimate of drug-likeness (QED) is 0.869. The number of rotatable bonds is 4. The maximum atomic E-state index is 11.8. The van der Waals surface area contributed by atoms with Crippen LogP contribution in [0, 0.1) is 0 Å². The molecule has 0 spiro atoms. The molecular weight excluding hydrogens is 248 g/mol. The van der Waals surface area contributed by atoms with Gasteiger partial charge in [0.25, 0.3) is 5.91 Å². The van der Waals surface area contributed by atoms with E-state index in [1.54, 1.807) is 12.4 Å². The summed E-state index contributed by atoms with van der Waals surface area (Å²) in [7, 11) is 0. The largest absolute Gasteiger partial charge is 0.348 e. The molecule has 0 saturated heterocycles. The number of carbonyl (C=O) groups is 1. The van der Waals surface area contributed by atoms with Crippen LogP contribution >= 0.6 is 11.3 Å². The van der Waals surface area contributed by atoms with Gasteiger partial charge in [-0.15, -0.1) is 11.3 Å². The van der Waals surface area contributed by atoms with Crippen molar-refractivity contribution in [3.05, 3.63) is 35.5 Å². The van der Waals surface area contributed by atoms with Gasteiger partial charge in [-0.25, -0.2) is 4.98 Å². The van der Waals surface area contributed by atoms with E-state index in [1.807, 2.05) is 25.1 Å². The number of carbonyl (C=O) groups excluding carboxylic acids is 1. The third-order valence-corrected chi connectivity index (χ3v) is 3.36. The maximum Gasteiger partial charge on any atom is 0.263 e. The van der Waals surface area contributed by atoms with Gasteiger partial charge in [-0.05, 0) is 19.1 Å². The van der Waals surface area contributed by atoms with Crippen LogP contribution < -0.4 is 11.1 Å². The molecule has 18 heavy (non-hydrogen) atoms. The smallest absolute Gasteiger partial charge is 0.263 e. The average molecular weight is 262 g/mol. The van der Waals surface area contributed by atoms with Crippen molar-refractivity contribution in [2.75, 3.05) is 6.54 Å². The van der Waals surface area contributed by atoms with E-state index in [0.717, 1.165) is 10.7 Å². The number of hydrogen-bond donors (Lipinski definition) is 2. The molecule has 94 valence electrons. The fourth-order valence-electron chi connectivity index (χ4n) is 1.34. The second-order valence-corrected chi connectivity index (χ2v) is 4.89. The zero-order valence-electron chi connectivity index (χ0n) is 9.96. The molecule has 2 heterocycles. The Morgan fingerprint density at radius 3 is 3.00 bits per heavy atom. The summed E-state index contributed by atoms with van der Waals surface area (Å²) in [5.74, 6) is -0.146. The highest BCUT2D eigenvalue weighted by Gasteiger charge is 2.13. The topological polar surface area (TPSA) is 80.9 Å². The molecule has 0 aliphatic rings. The lowest BCUT2D eigenvalue weighted by Crippen LogP contribution is -2.37. The molecule has 1 atom stereocenters. The van der Waals surface area contributed by atoms with Gasteiger partial charge in [0.05, 0.1) is 11.9 Å². The van der Waals surface area contributed by atoms with Gasteiger partial charge in [0.1, 0.15) is 9.88 Å². The highest BCUT2D eigenvalue weighted by atomic mass is 32.1. The van der Waals surface area contributed by atoms with Gasteiger partial charge in [0.15, 0.2) is 0 Å². The van der Waals surface area contributed by atoms with Gasteiger partial charge in [-0.1, -0.05) is 6.07 Å². The first-order valence-corrected chi connectivity index (χ1v) is 6.40. The number of amides is 1. The molecule has 0 radical (unpaired) electrons. The van der Waals surface area contributed by atoms with E-state index in [4.69, 9.17) is 5.73 Å². The Balaban J connectivity index is 2.13. The van der Waals surface area contributed by atoms with E-state index in [2.05, 4.69) is 15.3 Å². The van der Waals surface area contributed by atoms with Crippen molar-refractivity contribution in [1.82, 2.24) is 15.3 Å². The summed E-state index contributed by atoms with van der Waals surface area (Å²) in [6, 6.07) is 5.55. The molecule has 0 saturated carbocycles. The van der Waals surface area contributed by atoms with E-state index in [-0.39, 0.29) is 11.9 Å². The summed E-state index contributed by atoms with van der Waals surface area (Å²) >= 11 is 1.32. The molecule has 6 heteroatoms. The van der Waals surface area contributed by atoms with Crippen molar-refractivity contribution in [2.45, 2.75) is 13.0 Å². The lowest BCUT2D eigenvalue weighted by molar-refractivity contribution is 0.0945. The van der Waals surface area contributed by atoms with Gasteiger partial charge in [-0.2, -0.15) is 0 Å². The van der Waals surface area contributed by atoms with Crippen molar-refractivity contribution in [3.8, 4) is 10.7 Å². The molecule has 0 aliphatic carbocycles. The fourth-order valence-corrected chi connectivity index (χ4v) is 2.14.